The van der Waals surface area contributed by atoms with E-state index in [1.807, 2.05) is 56.4 Å². The minimum atomic E-state index is -0.466. The van der Waals surface area contributed by atoms with Gasteiger partial charge in [-0.2, -0.15) is 0 Å². The first-order valence-electron chi connectivity index (χ1n) is 9.66. The van der Waals surface area contributed by atoms with Crippen molar-refractivity contribution in [2.24, 2.45) is 0 Å². The van der Waals surface area contributed by atoms with Crippen molar-refractivity contribution in [3.63, 3.8) is 0 Å². The molecule has 0 radical (unpaired) electrons. The first-order valence-corrected chi connectivity index (χ1v) is 9.66. The summed E-state index contributed by atoms with van der Waals surface area (Å²) in [6, 6.07) is 7.97. The predicted octanol–water partition coefficient (Wildman–Crippen LogP) is 3.69. The molecule has 0 bridgehead atoms. The number of benzene rings is 1. The number of amides is 1. The largest absolute Gasteiger partial charge is 0.444 e. The van der Waals surface area contributed by atoms with E-state index >= 15 is 0 Å². The molecule has 2 aromatic heterocycles. The highest BCUT2D eigenvalue weighted by atomic mass is 16.6. The maximum atomic E-state index is 11.6. The standard InChI is InChI=1S/C20H28N6O2/c1-14-24-25-18-17(23-15-10-6-7-11-16(15)26(14)18)21-12-8-5-9-13-22-19(27)28-20(2,3)4/h6-7,10-11H,5,8-9,12-13H2,1-4H3,(H,21,23)(H,22,27). The Bertz CT molecular complexity index is 960. The van der Waals surface area contributed by atoms with E-state index in [0.717, 1.165) is 54.1 Å². The lowest BCUT2D eigenvalue weighted by atomic mass is 10.2. The van der Waals surface area contributed by atoms with Crippen LogP contribution in [-0.2, 0) is 4.74 Å². The van der Waals surface area contributed by atoms with Gasteiger partial charge in [-0.15, -0.1) is 10.2 Å². The maximum Gasteiger partial charge on any atom is 0.407 e. The van der Waals surface area contributed by atoms with Crippen molar-refractivity contribution in [2.45, 2.75) is 52.6 Å². The van der Waals surface area contributed by atoms with Crippen molar-refractivity contribution in [2.75, 3.05) is 18.4 Å². The lowest BCUT2D eigenvalue weighted by Crippen LogP contribution is -2.33. The first-order chi connectivity index (χ1) is 13.3. The molecule has 8 nitrogen and oxygen atoms in total. The number of para-hydroxylation sites is 2. The Morgan fingerprint density at radius 2 is 1.86 bits per heavy atom. The van der Waals surface area contributed by atoms with Crippen molar-refractivity contribution in [1.82, 2.24) is 24.9 Å². The quantitative estimate of drug-likeness (QED) is 0.604. The summed E-state index contributed by atoms with van der Waals surface area (Å²) in [4.78, 5) is 16.3. The Hall–Kier alpha value is -2.90. The number of fused-ring (bicyclic) bond motifs is 3. The Kier molecular flexibility index (Phi) is 5.96. The Balaban J connectivity index is 1.49. The molecule has 0 fully saturated rings. The Morgan fingerprint density at radius 3 is 2.64 bits per heavy atom. The molecule has 1 aromatic carbocycles. The van der Waals surface area contributed by atoms with Gasteiger partial charge in [0.05, 0.1) is 11.0 Å². The summed E-state index contributed by atoms with van der Waals surface area (Å²) in [5, 5.41) is 14.6. The lowest BCUT2D eigenvalue weighted by Gasteiger charge is -2.19. The number of carbonyl (C=O) groups is 1. The summed E-state index contributed by atoms with van der Waals surface area (Å²) in [6.07, 6.45) is 2.48. The summed E-state index contributed by atoms with van der Waals surface area (Å²) in [5.41, 5.74) is 2.18. The second-order valence-corrected chi connectivity index (χ2v) is 7.77. The van der Waals surface area contributed by atoms with E-state index in [2.05, 4.69) is 20.8 Å². The molecule has 0 saturated carbocycles. The fourth-order valence-electron chi connectivity index (χ4n) is 2.98. The Morgan fingerprint density at radius 1 is 1.11 bits per heavy atom. The van der Waals surface area contributed by atoms with Gasteiger partial charge in [0, 0.05) is 13.1 Å². The third-order valence-electron chi connectivity index (χ3n) is 4.21. The second-order valence-electron chi connectivity index (χ2n) is 7.77. The lowest BCUT2D eigenvalue weighted by molar-refractivity contribution is 0.0527. The van der Waals surface area contributed by atoms with Crippen molar-refractivity contribution in [3.05, 3.63) is 30.1 Å². The van der Waals surface area contributed by atoms with Gasteiger partial charge in [-0.05, 0) is 59.1 Å². The number of aromatic nitrogens is 4. The summed E-state index contributed by atoms with van der Waals surface area (Å²) >= 11 is 0. The number of hydrogen-bond donors (Lipinski definition) is 2. The van der Waals surface area contributed by atoms with Gasteiger partial charge in [-0.1, -0.05) is 12.1 Å². The fourth-order valence-corrected chi connectivity index (χ4v) is 2.98. The summed E-state index contributed by atoms with van der Waals surface area (Å²) in [5.74, 6) is 1.58. The minimum absolute atomic E-state index is 0.365. The van der Waals surface area contributed by atoms with Crippen LogP contribution in [0.1, 0.15) is 45.9 Å². The van der Waals surface area contributed by atoms with Crippen LogP contribution in [0.5, 0.6) is 0 Å². The van der Waals surface area contributed by atoms with Crippen LogP contribution in [-0.4, -0.2) is 44.4 Å². The molecule has 0 aliphatic rings. The zero-order chi connectivity index (χ0) is 20.1. The third-order valence-corrected chi connectivity index (χ3v) is 4.21. The molecule has 0 unspecified atom stereocenters. The SMILES string of the molecule is Cc1nnc2c(NCCCCCNC(=O)OC(C)(C)C)nc3ccccc3n12. The molecule has 0 spiro atoms. The van der Waals surface area contributed by atoms with E-state index < -0.39 is 5.60 Å². The van der Waals surface area contributed by atoms with Crippen molar-refractivity contribution in [1.29, 1.82) is 0 Å². The number of nitrogens with zero attached hydrogens (tertiary/aromatic N) is 4. The van der Waals surface area contributed by atoms with Crippen LogP contribution in [0.4, 0.5) is 10.6 Å². The monoisotopic (exact) mass is 384 g/mol. The highest BCUT2D eigenvalue weighted by Crippen LogP contribution is 2.21. The molecule has 0 atom stereocenters. The molecular weight excluding hydrogens is 356 g/mol. The number of anilines is 1. The van der Waals surface area contributed by atoms with Gasteiger partial charge < -0.3 is 15.4 Å². The van der Waals surface area contributed by atoms with E-state index in [1.165, 1.54) is 0 Å². The molecule has 0 aliphatic heterocycles. The van der Waals surface area contributed by atoms with E-state index in [4.69, 9.17) is 9.72 Å². The smallest absolute Gasteiger partial charge is 0.407 e. The molecular formula is C20H28N6O2. The van der Waals surface area contributed by atoms with Gasteiger partial charge in [-0.25, -0.2) is 9.78 Å². The molecule has 2 N–H and O–H groups in total. The predicted molar refractivity (Wildman–Crippen MR) is 110 cm³/mol. The van der Waals surface area contributed by atoms with Crippen LogP contribution < -0.4 is 10.6 Å². The van der Waals surface area contributed by atoms with Crippen molar-refractivity contribution < 1.29 is 9.53 Å². The van der Waals surface area contributed by atoms with Gasteiger partial charge in [0.15, 0.2) is 5.82 Å². The number of rotatable bonds is 7. The summed E-state index contributed by atoms with van der Waals surface area (Å²) < 4.78 is 7.24. The van der Waals surface area contributed by atoms with Crippen LogP contribution in [0, 0.1) is 6.92 Å². The van der Waals surface area contributed by atoms with E-state index in [9.17, 15) is 4.79 Å². The van der Waals surface area contributed by atoms with Crippen molar-refractivity contribution in [3.8, 4) is 0 Å². The molecule has 0 saturated heterocycles. The molecule has 28 heavy (non-hydrogen) atoms. The van der Waals surface area contributed by atoms with E-state index in [0.29, 0.717) is 6.54 Å². The van der Waals surface area contributed by atoms with Gasteiger partial charge >= 0.3 is 6.09 Å². The normalized spacial score (nSPS) is 11.7. The molecule has 3 aromatic rings. The zero-order valence-corrected chi connectivity index (χ0v) is 17.0. The van der Waals surface area contributed by atoms with Crippen LogP contribution >= 0.6 is 0 Å². The number of nitrogens with one attached hydrogen (secondary N) is 2. The highest BCUT2D eigenvalue weighted by Gasteiger charge is 2.15. The van der Waals surface area contributed by atoms with E-state index in [-0.39, 0.29) is 6.09 Å². The number of hydrogen-bond acceptors (Lipinski definition) is 6. The molecule has 8 heteroatoms. The highest BCUT2D eigenvalue weighted by molar-refractivity contribution is 5.82. The average molecular weight is 384 g/mol. The van der Waals surface area contributed by atoms with Gasteiger partial charge in [-0.3, -0.25) is 4.40 Å². The van der Waals surface area contributed by atoms with Crippen LogP contribution in [0.15, 0.2) is 24.3 Å². The van der Waals surface area contributed by atoms with Crippen molar-refractivity contribution >= 4 is 28.6 Å². The van der Waals surface area contributed by atoms with E-state index in [1.54, 1.807) is 0 Å². The van der Waals surface area contributed by atoms with Crippen LogP contribution in [0.2, 0.25) is 0 Å². The summed E-state index contributed by atoms with van der Waals surface area (Å²) in [7, 11) is 0. The Labute approximate surface area is 164 Å². The second kappa shape index (κ2) is 8.41. The molecule has 0 aliphatic carbocycles. The average Bonchev–Trinajstić information content (AvgIpc) is 3.02. The number of unbranched alkanes of at least 4 members (excludes halogenated alkanes) is 2. The third kappa shape index (κ3) is 4.88. The number of aryl methyl sites for hydroxylation is 1. The zero-order valence-electron chi connectivity index (χ0n) is 17.0. The number of ether oxygens (including phenoxy) is 1. The summed E-state index contributed by atoms with van der Waals surface area (Å²) in [6.45, 7) is 8.89. The van der Waals surface area contributed by atoms with Gasteiger partial charge in [0.25, 0.3) is 0 Å². The first kappa shape index (κ1) is 19.9. The molecule has 2 heterocycles. The van der Waals surface area contributed by atoms with Gasteiger partial charge in [0.2, 0.25) is 5.65 Å². The maximum absolute atomic E-state index is 11.6. The molecule has 1 amide bonds. The fraction of sp³-hybridized carbons (Fsp3) is 0.500. The molecule has 150 valence electrons. The molecule has 3 rings (SSSR count). The topological polar surface area (TPSA) is 93.4 Å². The number of alkyl carbamates (subject to hydrolysis) is 1. The van der Waals surface area contributed by atoms with Crippen LogP contribution in [0.25, 0.3) is 16.7 Å². The number of carbonyl (C=O) groups excluding carboxylic acids is 1. The van der Waals surface area contributed by atoms with Crippen LogP contribution in [0.3, 0.4) is 0 Å². The minimum Gasteiger partial charge on any atom is -0.444 e. The van der Waals surface area contributed by atoms with Gasteiger partial charge in [0.1, 0.15) is 11.4 Å².